The first kappa shape index (κ1) is 18.5. The fraction of sp³-hybridized carbons (Fsp3) is 0.211. The Bertz CT molecular complexity index is 1060. The lowest BCUT2D eigenvalue weighted by atomic mass is 9.86. The summed E-state index contributed by atoms with van der Waals surface area (Å²) in [4.78, 5) is -0.319. The molecule has 0 aliphatic heterocycles. The molecule has 26 heavy (non-hydrogen) atoms. The molecule has 1 aromatic carbocycles. The highest BCUT2D eigenvalue weighted by molar-refractivity contribution is 7.90. The second-order valence-electron chi connectivity index (χ2n) is 6.05. The minimum Gasteiger partial charge on any atom is -0.359 e. The predicted octanol–water partition coefficient (Wildman–Crippen LogP) is 4.21. The van der Waals surface area contributed by atoms with Crippen LogP contribution >= 0.6 is 11.3 Å². The summed E-state index contributed by atoms with van der Waals surface area (Å²) >= 11 is 1.46. The van der Waals surface area contributed by atoms with E-state index in [0.29, 0.717) is 12.0 Å². The first-order valence-electron chi connectivity index (χ1n) is 7.71. The van der Waals surface area contributed by atoms with Gasteiger partial charge in [0.15, 0.2) is 15.4 Å². The van der Waals surface area contributed by atoms with E-state index in [1.54, 1.807) is 18.2 Å². The lowest BCUT2D eigenvalue weighted by molar-refractivity contribution is 0.0845. The number of hydrogen-bond donors (Lipinski definition) is 0. The fourth-order valence-electron chi connectivity index (χ4n) is 2.91. The Labute approximate surface area is 155 Å². The minimum atomic E-state index is -3.62. The summed E-state index contributed by atoms with van der Waals surface area (Å²) in [5, 5.41) is 13.2. The fourth-order valence-corrected chi connectivity index (χ4v) is 4.52. The zero-order valence-electron chi connectivity index (χ0n) is 14.2. The summed E-state index contributed by atoms with van der Waals surface area (Å²) in [5.74, 6) is -0.775. The number of nitrogens with zero attached hydrogens (tertiary/aromatic N) is 1. The van der Waals surface area contributed by atoms with Crippen molar-refractivity contribution in [3.8, 4) is 17.2 Å². The molecule has 1 atom stereocenters. The first-order valence-corrected chi connectivity index (χ1v) is 10.5. The molecule has 0 saturated carbocycles. The van der Waals surface area contributed by atoms with E-state index in [1.165, 1.54) is 30.6 Å². The van der Waals surface area contributed by atoms with Crippen molar-refractivity contribution in [3.63, 3.8) is 0 Å². The van der Waals surface area contributed by atoms with Gasteiger partial charge in [0.05, 0.1) is 0 Å². The number of methoxy groups -OCH3 is 1. The topological polar surface area (TPSA) is 67.2 Å². The van der Waals surface area contributed by atoms with E-state index in [-0.39, 0.29) is 4.90 Å². The summed E-state index contributed by atoms with van der Waals surface area (Å²) in [7, 11) is -2.13. The van der Waals surface area contributed by atoms with Gasteiger partial charge in [0, 0.05) is 19.8 Å². The molecule has 0 fully saturated rings. The molecular weight excluding hydrogens is 373 g/mol. The van der Waals surface area contributed by atoms with E-state index >= 15 is 0 Å². The molecule has 0 spiro atoms. The van der Waals surface area contributed by atoms with Crippen molar-refractivity contribution in [2.75, 3.05) is 13.4 Å². The molecule has 1 aliphatic rings. The van der Waals surface area contributed by atoms with E-state index < -0.39 is 21.3 Å². The molecule has 3 rings (SSSR count). The molecule has 0 bridgehead atoms. The molecule has 1 aliphatic carbocycles. The normalized spacial score (nSPS) is 19.8. The van der Waals surface area contributed by atoms with Crippen LogP contribution in [0.5, 0.6) is 0 Å². The highest BCUT2D eigenvalue weighted by Crippen LogP contribution is 2.39. The zero-order valence-corrected chi connectivity index (χ0v) is 15.8. The van der Waals surface area contributed by atoms with Gasteiger partial charge in [-0.1, -0.05) is 18.2 Å². The first-order chi connectivity index (χ1) is 12.3. The Hall–Kier alpha value is -2.27. The maximum Gasteiger partial charge on any atom is 0.178 e. The second kappa shape index (κ2) is 6.80. The average Bonchev–Trinajstić information content (AvgIpc) is 3.10. The standard InChI is InChI=1S/C19H16FNO3S2/c1-24-19(12-21)7-3-4-14(9-19)16-11-25-10-15(16)13-5-6-18(17(20)8-13)26(2,22)23/h3-8,10-11H,9H2,1-2H3. The smallest absolute Gasteiger partial charge is 0.178 e. The quantitative estimate of drug-likeness (QED) is 0.786. The molecule has 1 aromatic heterocycles. The summed E-state index contributed by atoms with van der Waals surface area (Å²) in [6.07, 6.45) is 6.75. The molecular formula is C19H16FNO3S2. The number of allylic oxidation sites excluding steroid dienone is 2. The number of ether oxygens (including phenoxy) is 1. The SMILES string of the molecule is COC1(C#N)C=CC=C(c2cscc2-c2ccc(S(C)(=O)=O)c(F)c2)C1. The van der Waals surface area contributed by atoms with Crippen LogP contribution in [0.3, 0.4) is 0 Å². The van der Waals surface area contributed by atoms with Crippen molar-refractivity contribution in [1.82, 2.24) is 0 Å². The largest absolute Gasteiger partial charge is 0.359 e. The van der Waals surface area contributed by atoms with Gasteiger partial charge in [-0.25, -0.2) is 12.8 Å². The molecule has 7 heteroatoms. The van der Waals surface area contributed by atoms with E-state index in [1.807, 2.05) is 16.8 Å². The van der Waals surface area contributed by atoms with Gasteiger partial charge in [0.2, 0.25) is 0 Å². The number of rotatable bonds is 4. The van der Waals surface area contributed by atoms with Gasteiger partial charge in [0.1, 0.15) is 16.8 Å². The van der Waals surface area contributed by atoms with Crippen LogP contribution < -0.4 is 0 Å². The number of halogens is 1. The van der Waals surface area contributed by atoms with Crippen molar-refractivity contribution < 1.29 is 17.5 Å². The van der Waals surface area contributed by atoms with Crippen molar-refractivity contribution in [3.05, 3.63) is 58.6 Å². The number of thiophene rings is 1. The van der Waals surface area contributed by atoms with Crippen LogP contribution in [0.25, 0.3) is 16.7 Å². The third kappa shape index (κ3) is 3.36. The predicted molar refractivity (Wildman–Crippen MR) is 99.9 cm³/mol. The third-order valence-corrected chi connectivity index (χ3v) is 6.19. The van der Waals surface area contributed by atoms with Gasteiger partial charge < -0.3 is 4.74 Å². The van der Waals surface area contributed by atoms with Crippen LogP contribution in [-0.2, 0) is 14.6 Å². The Morgan fingerprint density at radius 1 is 1.31 bits per heavy atom. The number of nitriles is 1. The van der Waals surface area contributed by atoms with Crippen LogP contribution in [0.1, 0.15) is 12.0 Å². The maximum absolute atomic E-state index is 14.3. The Morgan fingerprint density at radius 2 is 2.04 bits per heavy atom. The number of sulfone groups is 1. The van der Waals surface area contributed by atoms with E-state index in [9.17, 15) is 18.1 Å². The molecule has 1 heterocycles. The molecule has 2 aromatic rings. The molecule has 0 amide bonds. The van der Waals surface area contributed by atoms with Gasteiger partial charge in [-0.05, 0) is 51.2 Å². The molecule has 0 N–H and O–H groups in total. The van der Waals surface area contributed by atoms with E-state index in [2.05, 4.69) is 6.07 Å². The van der Waals surface area contributed by atoms with Crippen molar-refractivity contribution in [2.24, 2.45) is 0 Å². The molecule has 4 nitrogen and oxygen atoms in total. The monoisotopic (exact) mass is 389 g/mol. The molecule has 0 saturated heterocycles. The van der Waals surface area contributed by atoms with Crippen molar-refractivity contribution in [1.29, 1.82) is 5.26 Å². The van der Waals surface area contributed by atoms with E-state index in [4.69, 9.17) is 4.74 Å². The minimum absolute atomic E-state index is 0.319. The van der Waals surface area contributed by atoms with Gasteiger partial charge in [0.25, 0.3) is 0 Å². The second-order valence-corrected chi connectivity index (χ2v) is 8.78. The zero-order chi connectivity index (χ0) is 18.9. The van der Waals surface area contributed by atoms with Gasteiger partial charge in [-0.15, -0.1) is 0 Å². The number of hydrogen-bond acceptors (Lipinski definition) is 5. The summed E-state index contributed by atoms with van der Waals surface area (Å²) < 4.78 is 42.9. The van der Waals surface area contributed by atoms with Gasteiger partial charge in [-0.3, -0.25) is 0 Å². The summed E-state index contributed by atoms with van der Waals surface area (Å²) in [6.45, 7) is 0. The lowest BCUT2D eigenvalue weighted by Crippen LogP contribution is -2.28. The van der Waals surface area contributed by atoms with Crippen molar-refractivity contribution >= 4 is 26.7 Å². The van der Waals surface area contributed by atoms with Crippen LogP contribution in [0.2, 0.25) is 0 Å². The third-order valence-electron chi connectivity index (χ3n) is 4.32. The summed E-state index contributed by atoms with van der Waals surface area (Å²) in [5.41, 5.74) is 2.14. The van der Waals surface area contributed by atoms with E-state index in [0.717, 1.165) is 23.0 Å². The van der Waals surface area contributed by atoms with Crippen LogP contribution in [0.15, 0.2) is 52.1 Å². The number of benzene rings is 1. The Morgan fingerprint density at radius 3 is 2.65 bits per heavy atom. The molecule has 134 valence electrons. The van der Waals surface area contributed by atoms with Crippen LogP contribution in [0, 0.1) is 17.1 Å². The molecule has 0 radical (unpaired) electrons. The van der Waals surface area contributed by atoms with Crippen molar-refractivity contribution in [2.45, 2.75) is 16.9 Å². The van der Waals surface area contributed by atoms with Gasteiger partial charge >= 0.3 is 0 Å². The molecule has 1 unspecified atom stereocenters. The van der Waals surface area contributed by atoms with Crippen LogP contribution in [-0.4, -0.2) is 27.4 Å². The maximum atomic E-state index is 14.3. The van der Waals surface area contributed by atoms with Gasteiger partial charge in [-0.2, -0.15) is 16.6 Å². The highest BCUT2D eigenvalue weighted by Gasteiger charge is 2.31. The summed E-state index contributed by atoms with van der Waals surface area (Å²) in [6, 6.07) is 6.29. The Kier molecular flexibility index (Phi) is 4.84. The lowest BCUT2D eigenvalue weighted by Gasteiger charge is -2.25. The average molecular weight is 389 g/mol. The highest BCUT2D eigenvalue weighted by atomic mass is 32.2. The Balaban J connectivity index is 2.03. The van der Waals surface area contributed by atoms with Crippen LogP contribution in [0.4, 0.5) is 4.39 Å².